The molecule has 1 fully saturated rings. The summed E-state index contributed by atoms with van der Waals surface area (Å²) in [6.45, 7) is 10.4. The zero-order chi connectivity index (χ0) is 15.4. The highest BCUT2D eigenvalue weighted by atomic mass is 32.1. The Labute approximate surface area is 134 Å². The lowest BCUT2D eigenvalue weighted by molar-refractivity contribution is 0.264. The van der Waals surface area contributed by atoms with Crippen LogP contribution in [0.1, 0.15) is 49.8 Å². The first-order valence-corrected chi connectivity index (χ1v) is 8.50. The first kappa shape index (κ1) is 16.4. The third-order valence-corrected chi connectivity index (χ3v) is 5.06. The van der Waals surface area contributed by atoms with Crippen LogP contribution in [-0.4, -0.2) is 23.0 Å². The van der Waals surface area contributed by atoms with Crippen LogP contribution in [0.3, 0.4) is 0 Å². The van der Waals surface area contributed by atoms with Crippen molar-refractivity contribution in [1.29, 1.82) is 0 Å². The van der Waals surface area contributed by atoms with Gasteiger partial charge in [0.15, 0.2) is 0 Å². The Morgan fingerprint density at radius 3 is 2.71 bits per heavy atom. The summed E-state index contributed by atoms with van der Waals surface area (Å²) < 4.78 is 0. The van der Waals surface area contributed by atoms with Crippen LogP contribution in [0.4, 0.5) is 0 Å². The maximum absolute atomic E-state index is 5.70. The molecule has 1 aliphatic heterocycles. The van der Waals surface area contributed by atoms with E-state index in [4.69, 9.17) is 18.0 Å². The molecule has 2 N–H and O–H groups in total. The van der Waals surface area contributed by atoms with E-state index in [9.17, 15) is 0 Å². The molecule has 1 heterocycles. The van der Waals surface area contributed by atoms with Gasteiger partial charge in [-0.1, -0.05) is 38.2 Å². The van der Waals surface area contributed by atoms with E-state index in [1.165, 1.54) is 43.5 Å². The van der Waals surface area contributed by atoms with Crippen molar-refractivity contribution in [2.24, 2.45) is 17.6 Å². The number of rotatable bonds is 4. The molecule has 0 aromatic heterocycles. The van der Waals surface area contributed by atoms with Crippen molar-refractivity contribution in [3.8, 4) is 0 Å². The summed E-state index contributed by atoms with van der Waals surface area (Å²) in [4.78, 5) is 3.09. The highest BCUT2D eigenvalue weighted by Crippen LogP contribution is 2.25. The van der Waals surface area contributed by atoms with Gasteiger partial charge in [0.2, 0.25) is 0 Å². The van der Waals surface area contributed by atoms with Gasteiger partial charge in [0, 0.05) is 12.1 Å². The predicted molar refractivity (Wildman–Crippen MR) is 94.5 cm³/mol. The summed E-state index contributed by atoms with van der Waals surface area (Å²) in [5, 5.41) is 0. The maximum Gasteiger partial charge on any atom is 0.103 e. The highest BCUT2D eigenvalue weighted by molar-refractivity contribution is 7.80. The Morgan fingerprint density at radius 1 is 1.33 bits per heavy atom. The van der Waals surface area contributed by atoms with E-state index in [1.807, 2.05) is 0 Å². The lowest BCUT2D eigenvalue weighted by atomic mass is 9.89. The molecule has 1 aliphatic rings. The van der Waals surface area contributed by atoms with Crippen molar-refractivity contribution in [2.75, 3.05) is 13.1 Å². The van der Waals surface area contributed by atoms with Crippen LogP contribution in [0, 0.1) is 18.8 Å². The lowest BCUT2D eigenvalue weighted by Gasteiger charge is -2.22. The van der Waals surface area contributed by atoms with Gasteiger partial charge < -0.3 is 5.73 Å². The van der Waals surface area contributed by atoms with Crippen LogP contribution >= 0.6 is 12.2 Å². The van der Waals surface area contributed by atoms with Gasteiger partial charge in [0.25, 0.3) is 0 Å². The molecule has 0 bridgehead atoms. The first-order valence-electron chi connectivity index (χ1n) is 8.09. The van der Waals surface area contributed by atoms with Crippen molar-refractivity contribution in [1.82, 2.24) is 4.90 Å². The van der Waals surface area contributed by atoms with Gasteiger partial charge in [-0.3, -0.25) is 4.90 Å². The van der Waals surface area contributed by atoms with E-state index in [0.717, 1.165) is 23.9 Å². The molecule has 0 saturated carbocycles. The van der Waals surface area contributed by atoms with Gasteiger partial charge in [0.05, 0.1) is 0 Å². The Balaban J connectivity index is 2.00. The average molecular weight is 305 g/mol. The molecule has 0 radical (unpaired) electrons. The van der Waals surface area contributed by atoms with Crippen molar-refractivity contribution in [2.45, 2.75) is 46.6 Å². The number of nitrogens with zero attached hydrogens (tertiary/aromatic N) is 1. The van der Waals surface area contributed by atoms with Gasteiger partial charge in [-0.05, 0) is 68.3 Å². The quantitative estimate of drug-likeness (QED) is 0.856. The summed E-state index contributed by atoms with van der Waals surface area (Å²) in [5.74, 6) is 1.71. The van der Waals surface area contributed by atoms with Crippen LogP contribution in [0.5, 0.6) is 0 Å². The molecule has 0 spiro atoms. The Hall–Kier alpha value is -0.930. The fraction of sp³-hybridized carbons (Fsp3) is 0.611. The lowest BCUT2D eigenvalue weighted by Crippen LogP contribution is -2.25. The third-order valence-electron chi connectivity index (χ3n) is 4.83. The van der Waals surface area contributed by atoms with Gasteiger partial charge in [-0.25, -0.2) is 0 Å². The molecule has 1 saturated heterocycles. The molecule has 1 atom stereocenters. The monoisotopic (exact) mass is 304 g/mol. The smallest absolute Gasteiger partial charge is 0.103 e. The Bertz CT molecular complexity index is 496. The van der Waals surface area contributed by atoms with E-state index >= 15 is 0 Å². The van der Waals surface area contributed by atoms with Crippen LogP contribution in [0.2, 0.25) is 0 Å². The fourth-order valence-electron chi connectivity index (χ4n) is 3.27. The maximum atomic E-state index is 5.70. The first-order chi connectivity index (χ1) is 9.97. The summed E-state index contributed by atoms with van der Waals surface area (Å²) >= 11 is 5.05. The van der Waals surface area contributed by atoms with Gasteiger partial charge in [-0.15, -0.1) is 0 Å². The van der Waals surface area contributed by atoms with E-state index < -0.39 is 0 Å². The topological polar surface area (TPSA) is 29.3 Å². The predicted octanol–water partition coefficient (Wildman–Crippen LogP) is 3.89. The second-order valence-electron chi connectivity index (χ2n) is 6.72. The highest BCUT2D eigenvalue weighted by Gasteiger charge is 2.19. The normalized spacial score (nSPS) is 20.5. The standard InChI is InChI=1S/C18H28N2S/c1-13(2)15-5-4-9-20(10-8-15)12-17-7-6-16(18(19)21)11-14(17)3/h6-7,11,13,15H,4-5,8-10,12H2,1-3H3,(H2,19,21). The minimum absolute atomic E-state index is 0.485. The molecule has 21 heavy (non-hydrogen) atoms. The summed E-state index contributed by atoms with van der Waals surface area (Å²) in [6, 6.07) is 6.36. The van der Waals surface area contributed by atoms with E-state index in [-0.39, 0.29) is 0 Å². The Kier molecular flexibility index (Phi) is 5.77. The van der Waals surface area contributed by atoms with Crippen LogP contribution in [-0.2, 0) is 6.54 Å². The van der Waals surface area contributed by atoms with Gasteiger partial charge >= 0.3 is 0 Å². The molecule has 1 unspecified atom stereocenters. The second kappa shape index (κ2) is 7.37. The van der Waals surface area contributed by atoms with Crippen LogP contribution in [0.15, 0.2) is 18.2 Å². The molecule has 0 amide bonds. The van der Waals surface area contributed by atoms with Crippen LogP contribution in [0.25, 0.3) is 0 Å². The molecular weight excluding hydrogens is 276 g/mol. The molecule has 2 nitrogen and oxygen atoms in total. The van der Waals surface area contributed by atoms with Crippen molar-refractivity contribution in [3.05, 3.63) is 34.9 Å². The fourth-order valence-corrected chi connectivity index (χ4v) is 3.40. The zero-order valence-electron chi connectivity index (χ0n) is 13.6. The van der Waals surface area contributed by atoms with E-state index in [1.54, 1.807) is 0 Å². The minimum atomic E-state index is 0.485. The van der Waals surface area contributed by atoms with Gasteiger partial charge in [0.1, 0.15) is 4.99 Å². The van der Waals surface area contributed by atoms with Crippen molar-refractivity contribution in [3.63, 3.8) is 0 Å². The number of hydrogen-bond donors (Lipinski definition) is 1. The second-order valence-corrected chi connectivity index (χ2v) is 7.16. The summed E-state index contributed by atoms with van der Waals surface area (Å²) in [6.07, 6.45) is 4.04. The molecule has 116 valence electrons. The van der Waals surface area contributed by atoms with Crippen LogP contribution < -0.4 is 5.73 Å². The largest absolute Gasteiger partial charge is 0.389 e. The third kappa shape index (κ3) is 4.52. The molecule has 0 aliphatic carbocycles. The molecular formula is C18H28N2S. The van der Waals surface area contributed by atoms with E-state index in [0.29, 0.717) is 4.99 Å². The molecule has 1 aromatic rings. The number of thiocarbonyl (C=S) groups is 1. The summed E-state index contributed by atoms with van der Waals surface area (Å²) in [7, 11) is 0. The number of nitrogens with two attached hydrogens (primary N) is 1. The number of hydrogen-bond acceptors (Lipinski definition) is 2. The molecule has 3 heteroatoms. The number of likely N-dealkylation sites (tertiary alicyclic amines) is 1. The molecule has 1 aromatic carbocycles. The van der Waals surface area contributed by atoms with Gasteiger partial charge in [-0.2, -0.15) is 0 Å². The van der Waals surface area contributed by atoms with Crippen molar-refractivity contribution < 1.29 is 0 Å². The average Bonchev–Trinajstić information content (AvgIpc) is 2.66. The number of aryl methyl sites for hydroxylation is 1. The Morgan fingerprint density at radius 2 is 2.10 bits per heavy atom. The molecule has 2 rings (SSSR count). The minimum Gasteiger partial charge on any atom is -0.389 e. The van der Waals surface area contributed by atoms with Crippen molar-refractivity contribution >= 4 is 17.2 Å². The SMILES string of the molecule is Cc1cc(C(N)=S)ccc1CN1CCCC(C(C)C)CC1. The summed E-state index contributed by atoms with van der Waals surface area (Å²) in [5.41, 5.74) is 9.37. The number of benzene rings is 1. The zero-order valence-corrected chi connectivity index (χ0v) is 14.4. The van der Waals surface area contributed by atoms with E-state index in [2.05, 4.69) is 43.9 Å².